The highest BCUT2D eigenvalue weighted by molar-refractivity contribution is 7.89. The largest absolute Gasteiger partial charge is 0.376 e. The summed E-state index contributed by atoms with van der Waals surface area (Å²) in [6.45, 7) is 10.9. The minimum absolute atomic E-state index is 0.0509. The second-order valence-corrected chi connectivity index (χ2v) is 7.51. The molecule has 1 aromatic carbocycles. The fraction of sp³-hybridized carbons (Fsp3) is 0.600. The zero-order chi connectivity index (χ0) is 15.1. The summed E-state index contributed by atoms with van der Waals surface area (Å²) >= 11 is 0. The van der Waals surface area contributed by atoms with Crippen LogP contribution in [0, 0.1) is 27.7 Å². The molecule has 0 aliphatic carbocycles. The van der Waals surface area contributed by atoms with Crippen molar-refractivity contribution in [2.45, 2.75) is 45.6 Å². The van der Waals surface area contributed by atoms with Gasteiger partial charge in [0.2, 0.25) is 10.0 Å². The number of nitrogens with zero attached hydrogens (tertiary/aromatic N) is 1. The Morgan fingerprint density at radius 2 is 1.70 bits per heavy atom. The molecule has 1 heterocycles. The fourth-order valence-electron chi connectivity index (χ4n) is 2.70. The highest BCUT2D eigenvalue weighted by Gasteiger charge is 2.32. The number of benzene rings is 1. The van der Waals surface area contributed by atoms with Crippen LogP contribution in [0.15, 0.2) is 11.0 Å². The third-order valence-electron chi connectivity index (χ3n) is 4.10. The quantitative estimate of drug-likeness (QED) is 0.841. The average molecular weight is 297 g/mol. The van der Waals surface area contributed by atoms with E-state index < -0.39 is 10.0 Å². The summed E-state index contributed by atoms with van der Waals surface area (Å²) in [7, 11) is -3.45. The van der Waals surface area contributed by atoms with E-state index in [0.29, 0.717) is 24.6 Å². The van der Waals surface area contributed by atoms with Crippen LogP contribution in [0.2, 0.25) is 0 Å². The Labute approximate surface area is 121 Å². The molecule has 0 N–H and O–H groups in total. The molecule has 0 bridgehead atoms. The van der Waals surface area contributed by atoms with Crippen molar-refractivity contribution >= 4 is 10.0 Å². The molecule has 1 fully saturated rings. The summed E-state index contributed by atoms with van der Waals surface area (Å²) in [5, 5.41) is 0. The van der Waals surface area contributed by atoms with Crippen LogP contribution in [0.1, 0.15) is 29.2 Å². The molecule has 5 heteroatoms. The van der Waals surface area contributed by atoms with Gasteiger partial charge in [0.05, 0.1) is 17.6 Å². The monoisotopic (exact) mass is 297 g/mol. The smallest absolute Gasteiger partial charge is 0.243 e. The molecule has 0 radical (unpaired) electrons. The molecule has 1 aliphatic heterocycles. The predicted octanol–water partition coefficient (Wildman–Crippen LogP) is 2.33. The van der Waals surface area contributed by atoms with Crippen molar-refractivity contribution < 1.29 is 13.2 Å². The Balaban J connectivity index is 2.55. The third-order valence-corrected chi connectivity index (χ3v) is 6.24. The molecule has 112 valence electrons. The maximum atomic E-state index is 12.9. The van der Waals surface area contributed by atoms with Crippen LogP contribution in [0.4, 0.5) is 0 Å². The first kappa shape index (κ1) is 15.5. The molecule has 20 heavy (non-hydrogen) atoms. The van der Waals surface area contributed by atoms with E-state index in [4.69, 9.17) is 4.74 Å². The number of hydrogen-bond acceptors (Lipinski definition) is 3. The number of sulfonamides is 1. The highest BCUT2D eigenvalue weighted by atomic mass is 32.2. The first-order valence-corrected chi connectivity index (χ1v) is 8.38. The van der Waals surface area contributed by atoms with Gasteiger partial charge in [-0.1, -0.05) is 6.07 Å². The van der Waals surface area contributed by atoms with Gasteiger partial charge >= 0.3 is 0 Å². The lowest BCUT2D eigenvalue weighted by Gasteiger charge is -2.31. The van der Waals surface area contributed by atoms with Crippen molar-refractivity contribution in [3.05, 3.63) is 28.3 Å². The summed E-state index contributed by atoms with van der Waals surface area (Å²) in [6.07, 6.45) is -0.0509. The fourth-order valence-corrected chi connectivity index (χ4v) is 4.78. The van der Waals surface area contributed by atoms with Crippen LogP contribution >= 0.6 is 0 Å². The normalized spacial score (nSPS) is 21.1. The zero-order valence-electron chi connectivity index (χ0n) is 12.9. The Morgan fingerprint density at radius 3 is 2.20 bits per heavy atom. The molecular weight excluding hydrogens is 274 g/mol. The summed E-state index contributed by atoms with van der Waals surface area (Å²) in [4.78, 5) is 0.476. The van der Waals surface area contributed by atoms with Gasteiger partial charge < -0.3 is 4.74 Å². The second-order valence-electron chi connectivity index (χ2n) is 5.63. The summed E-state index contributed by atoms with van der Waals surface area (Å²) in [5.41, 5.74) is 3.75. The summed E-state index contributed by atoms with van der Waals surface area (Å²) in [6, 6.07) is 2.05. The van der Waals surface area contributed by atoms with Crippen LogP contribution in [0.5, 0.6) is 0 Å². The van der Waals surface area contributed by atoms with Gasteiger partial charge in [0.1, 0.15) is 0 Å². The van der Waals surface area contributed by atoms with Crippen molar-refractivity contribution in [3.63, 3.8) is 0 Å². The van der Waals surface area contributed by atoms with Gasteiger partial charge in [0, 0.05) is 13.1 Å². The topological polar surface area (TPSA) is 46.6 Å². The third kappa shape index (κ3) is 2.62. The van der Waals surface area contributed by atoms with Crippen molar-refractivity contribution in [2.75, 3.05) is 19.7 Å². The van der Waals surface area contributed by atoms with E-state index in [9.17, 15) is 8.42 Å². The maximum absolute atomic E-state index is 12.9. The van der Waals surface area contributed by atoms with E-state index in [1.54, 1.807) is 4.31 Å². The van der Waals surface area contributed by atoms with Gasteiger partial charge in [-0.25, -0.2) is 8.42 Å². The van der Waals surface area contributed by atoms with Crippen molar-refractivity contribution in [2.24, 2.45) is 0 Å². The van der Waals surface area contributed by atoms with Gasteiger partial charge in [0.15, 0.2) is 0 Å². The molecule has 0 amide bonds. The van der Waals surface area contributed by atoms with Gasteiger partial charge in [-0.05, 0) is 56.9 Å². The second kappa shape index (κ2) is 5.47. The molecule has 0 aromatic heterocycles. The Bertz CT molecular complexity index is 596. The maximum Gasteiger partial charge on any atom is 0.243 e. The van der Waals surface area contributed by atoms with Gasteiger partial charge in [0.25, 0.3) is 0 Å². The van der Waals surface area contributed by atoms with Gasteiger partial charge in [-0.3, -0.25) is 0 Å². The predicted molar refractivity (Wildman–Crippen MR) is 79.6 cm³/mol. The lowest BCUT2D eigenvalue weighted by Crippen LogP contribution is -2.44. The Kier molecular flexibility index (Phi) is 4.23. The van der Waals surface area contributed by atoms with E-state index in [2.05, 4.69) is 0 Å². The van der Waals surface area contributed by atoms with Gasteiger partial charge in [-0.15, -0.1) is 0 Å². The van der Waals surface area contributed by atoms with E-state index in [1.165, 1.54) is 0 Å². The van der Waals surface area contributed by atoms with Crippen LogP contribution in [-0.4, -0.2) is 38.5 Å². The van der Waals surface area contributed by atoms with E-state index in [0.717, 1.165) is 22.3 Å². The minimum atomic E-state index is -3.45. The molecule has 1 unspecified atom stereocenters. The average Bonchev–Trinajstić information content (AvgIpc) is 2.36. The molecule has 4 nitrogen and oxygen atoms in total. The van der Waals surface area contributed by atoms with E-state index >= 15 is 0 Å². The van der Waals surface area contributed by atoms with Crippen LogP contribution < -0.4 is 0 Å². The molecule has 1 aromatic rings. The summed E-state index contributed by atoms with van der Waals surface area (Å²) < 4.78 is 32.9. The Morgan fingerprint density at radius 1 is 1.15 bits per heavy atom. The van der Waals surface area contributed by atoms with Crippen molar-refractivity contribution in [3.8, 4) is 0 Å². The summed E-state index contributed by atoms with van der Waals surface area (Å²) in [5.74, 6) is 0. The number of aryl methyl sites for hydroxylation is 2. The SMILES string of the molecule is Cc1cc(C)c(C)c(S(=O)(=O)N2CCOC(C)C2)c1C. The molecule has 1 aliphatic rings. The van der Waals surface area contributed by atoms with E-state index in [1.807, 2.05) is 40.7 Å². The zero-order valence-corrected chi connectivity index (χ0v) is 13.7. The van der Waals surface area contributed by atoms with Crippen LogP contribution in [0.25, 0.3) is 0 Å². The van der Waals surface area contributed by atoms with Gasteiger partial charge in [-0.2, -0.15) is 4.31 Å². The molecular formula is C15H23NO3S. The van der Waals surface area contributed by atoms with Crippen molar-refractivity contribution in [1.29, 1.82) is 0 Å². The first-order chi connectivity index (χ1) is 9.25. The molecule has 0 spiro atoms. The lowest BCUT2D eigenvalue weighted by atomic mass is 10.0. The molecule has 0 saturated carbocycles. The molecule has 1 atom stereocenters. The van der Waals surface area contributed by atoms with Crippen molar-refractivity contribution in [1.82, 2.24) is 4.31 Å². The van der Waals surface area contributed by atoms with Crippen LogP contribution in [-0.2, 0) is 14.8 Å². The highest BCUT2D eigenvalue weighted by Crippen LogP contribution is 2.29. The number of morpholine rings is 1. The minimum Gasteiger partial charge on any atom is -0.376 e. The molecule has 1 saturated heterocycles. The lowest BCUT2D eigenvalue weighted by molar-refractivity contribution is 0.0101. The van der Waals surface area contributed by atoms with E-state index in [-0.39, 0.29) is 6.10 Å². The number of rotatable bonds is 2. The first-order valence-electron chi connectivity index (χ1n) is 6.94. The standard InChI is InChI=1S/C15H23NO3S/c1-10-8-11(2)14(5)15(13(10)4)20(17,18)16-6-7-19-12(3)9-16/h8,12H,6-7,9H2,1-5H3. The number of hydrogen-bond donors (Lipinski definition) is 0. The number of ether oxygens (including phenoxy) is 1. The van der Waals surface area contributed by atoms with Crippen LogP contribution in [0.3, 0.4) is 0 Å². The molecule has 2 rings (SSSR count). The Hall–Kier alpha value is -0.910.